The summed E-state index contributed by atoms with van der Waals surface area (Å²) in [5.74, 6) is 2.28. The van der Waals surface area contributed by atoms with Crippen molar-refractivity contribution < 1.29 is 13.9 Å². The summed E-state index contributed by atoms with van der Waals surface area (Å²) in [6.45, 7) is 8.73. The largest absolute Gasteiger partial charge is 0.489 e. The van der Waals surface area contributed by atoms with E-state index in [1.807, 2.05) is 29.2 Å². The highest BCUT2D eigenvalue weighted by Gasteiger charge is 2.28. The molecule has 1 unspecified atom stereocenters. The second-order valence-corrected chi connectivity index (χ2v) is 9.35. The van der Waals surface area contributed by atoms with Gasteiger partial charge in [0.05, 0.1) is 12.7 Å². The van der Waals surface area contributed by atoms with Crippen LogP contribution in [0.2, 0.25) is 0 Å². The monoisotopic (exact) mass is 452 g/mol. The maximum Gasteiger partial charge on any atom is 0.221 e. The molecule has 6 nitrogen and oxygen atoms in total. The normalized spacial score (nSPS) is 19.5. The number of aromatic nitrogens is 2. The minimum atomic E-state index is -0.381. The number of nitrogens with one attached hydrogen (secondary N) is 1. The van der Waals surface area contributed by atoms with Gasteiger partial charge in [0.2, 0.25) is 5.91 Å². The first kappa shape index (κ1) is 23.2. The zero-order valence-corrected chi connectivity index (χ0v) is 19.5. The van der Waals surface area contributed by atoms with Crippen LogP contribution in [-0.4, -0.2) is 35.1 Å². The molecule has 176 valence electrons. The van der Waals surface area contributed by atoms with Gasteiger partial charge >= 0.3 is 0 Å². The lowest BCUT2D eigenvalue weighted by Crippen LogP contribution is -2.26. The highest BCUT2D eigenvalue weighted by Crippen LogP contribution is 2.34. The van der Waals surface area contributed by atoms with Crippen molar-refractivity contribution in [3.05, 3.63) is 54.2 Å². The Hall–Kier alpha value is -2.96. The molecule has 1 aromatic heterocycles. The van der Waals surface area contributed by atoms with Crippen LogP contribution in [0.4, 0.5) is 10.2 Å². The van der Waals surface area contributed by atoms with Crippen LogP contribution in [0.5, 0.6) is 5.75 Å². The highest BCUT2D eigenvalue weighted by atomic mass is 19.1. The van der Waals surface area contributed by atoms with E-state index in [2.05, 4.69) is 28.8 Å². The van der Waals surface area contributed by atoms with Crippen LogP contribution in [0.1, 0.15) is 69.7 Å². The van der Waals surface area contributed by atoms with Crippen molar-refractivity contribution >= 4 is 17.4 Å². The zero-order chi connectivity index (χ0) is 23.4. The number of carbonyl (C=O) groups is 1. The van der Waals surface area contributed by atoms with E-state index in [0.717, 1.165) is 35.9 Å². The van der Waals surface area contributed by atoms with Crippen molar-refractivity contribution in [1.29, 1.82) is 0 Å². The Bertz CT molecular complexity index is 988. The molecule has 1 saturated carbocycles. The number of carbonyl (C=O) groups excluding carboxylic acids is 1. The summed E-state index contributed by atoms with van der Waals surface area (Å²) in [5.41, 5.74) is 1.38. The first-order valence-corrected chi connectivity index (χ1v) is 11.9. The van der Waals surface area contributed by atoms with E-state index in [1.165, 1.54) is 38.8 Å². The van der Waals surface area contributed by atoms with Crippen LogP contribution in [0, 0.1) is 11.7 Å². The van der Waals surface area contributed by atoms with E-state index in [0.29, 0.717) is 24.6 Å². The molecule has 1 aromatic carbocycles. The van der Waals surface area contributed by atoms with Gasteiger partial charge in [-0.1, -0.05) is 39.2 Å². The highest BCUT2D eigenvalue weighted by molar-refractivity contribution is 5.84. The molecule has 2 atom stereocenters. The summed E-state index contributed by atoms with van der Waals surface area (Å²) >= 11 is 0. The summed E-state index contributed by atoms with van der Waals surface area (Å²) in [7, 11) is 0. The molecule has 2 aliphatic rings. The molecule has 2 aromatic rings. The van der Waals surface area contributed by atoms with E-state index >= 15 is 0 Å². The summed E-state index contributed by atoms with van der Waals surface area (Å²) in [6.07, 6.45) is 8.32. The molecule has 1 aliphatic carbocycles. The van der Waals surface area contributed by atoms with Crippen LogP contribution in [0.25, 0.3) is 5.70 Å². The number of anilines is 1. The van der Waals surface area contributed by atoms with Gasteiger partial charge in [0.15, 0.2) is 11.6 Å². The van der Waals surface area contributed by atoms with Gasteiger partial charge in [0.25, 0.3) is 0 Å². The predicted octanol–water partition coefficient (Wildman–Crippen LogP) is 5.06. The van der Waals surface area contributed by atoms with Gasteiger partial charge in [0, 0.05) is 31.5 Å². The minimum Gasteiger partial charge on any atom is -0.489 e. The number of hydrogen-bond acceptors (Lipinski definition) is 5. The molecule has 0 spiro atoms. The molecule has 2 fully saturated rings. The quantitative estimate of drug-likeness (QED) is 0.606. The zero-order valence-electron chi connectivity index (χ0n) is 19.5. The Morgan fingerprint density at radius 1 is 1.27 bits per heavy atom. The summed E-state index contributed by atoms with van der Waals surface area (Å²) in [6, 6.07) is 7.45. The SMILES string of the molecule is C=C(NC(C)=O)c1ccc(OC2CCN(c3nc([C@@H](C)CC4CCCC4)ncc3F)C2)cc1. The molecule has 1 saturated heterocycles. The van der Waals surface area contributed by atoms with Crippen LogP contribution in [0.3, 0.4) is 0 Å². The van der Waals surface area contributed by atoms with Crippen molar-refractivity contribution in [2.75, 3.05) is 18.0 Å². The smallest absolute Gasteiger partial charge is 0.221 e. The average Bonchev–Trinajstić information content (AvgIpc) is 3.46. The molecule has 2 heterocycles. The number of ether oxygens (including phenoxy) is 1. The van der Waals surface area contributed by atoms with E-state index in [1.54, 1.807) is 0 Å². The van der Waals surface area contributed by atoms with Crippen molar-refractivity contribution in [2.24, 2.45) is 5.92 Å². The topological polar surface area (TPSA) is 67.3 Å². The molecule has 33 heavy (non-hydrogen) atoms. The fourth-order valence-electron chi connectivity index (χ4n) is 4.91. The second-order valence-electron chi connectivity index (χ2n) is 9.35. The van der Waals surface area contributed by atoms with E-state index in [-0.39, 0.29) is 23.7 Å². The molecule has 7 heteroatoms. The lowest BCUT2D eigenvalue weighted by Gasteiger charge is -2.21. The number of hydrogen-bond donors (Lipinski definition) is 1. The fourth-order valence-corrected chi connectivity index (χ4v) is 4.91. The Labute approximate surface area is 195 Å². The predicted molar refractivity (Wildman–Crippen MR) is 128 cm³/mol. The van der Waals surface area contributed by atoms with Crippen molar-refractivity contribution in [3.8, 4) is 5.75 Å². The summed E-state index contributed by atoms with van der Waals surface area (Å²) < 4.78 is 20.7. The summed E-state index contributed by atoms with van der Waals surface area (Å²) in [5, 5.41) is 2.68. The first-order valence-electron chi connectivity index (χ1n) is 11.9. The van der Waals surface area contributed by atoms with Gasteiger partial charge in [-0.25, -0.2) is 14.4 Å². The Morgan fingerprint density at radius 3 is 2.70 bits per heavy atom. The third-order valence-corrected chi connectivity index (χ3v) is 6.62. The summed E-state index contributed by atoms with van der Waals surface area (Å²) in [4.78, 5) is 22.1. The number of nitrogens with zero attached hydrogens (tertiary/aromatic N) is 3. The molecule has 0 radical (unpaired) electrons. The van der Waals surface area contributed by atoms with Gasteiger partial charge in [-0.2, -0.15) is 0 Å². The lowest BCUT2D eigenvalue weighted by molar-refractivity contribution is -0.117. The molecular weight excluding hydrogens is 419 g/mol. The average molecular weight is 453 g/mol. The van der Waals surface area contributed by atoms with Crippen molar-refractivity contribution in [1.82, 2.24) is 15.3 Å². The molecule has 1 N–H and O–H groups in total. The van der Waals surface area contributed by atoms with Crippen LogP contribution in [-0.2, 0) is 4.79 Å². The first-order chi connectivity index (χ1) is 15.9. The second kappa shape index (κ2) is 10.3. The maximum atomic E-state index is 14.6. The lowest BCUT2D eigenvalue weighted by atomic mass is 9.94. The molecule has 1 aliphatic heterocycles. The van der Waals surface area contributed by atoms with Crippen LogP contribution >= 0.6 is 0 Å². The van der Waals surface area contributed by atoms with E-state index in [9.17, 15) is 9.18 Å². The number of benzene rings is 1. The van der Waals surface area contributed by atoms with Crippen LogP contribution in [0.15, 0.2) is 37.0 Å². The maximum absolute atomic E-state index is 14.6. The standard InChI is InChI=1S/C26H33FN4O2/c1-17(14-20-6-4-5-7-20)25-28-15-24(27)26(30-25)31-13-12-23(16-31)33-22-10-8-21(9-11-22)18(2)29-19(3)32/h8-11,15,17,20,23H,2,4-7,12-14,16H2,1,3H3,(H,29,32)/t17-,23?/m0/s1. The Kier molecular flexibility index (Phi) is 7.26. The number of amides is 1. The fraction of sp³-hybridized carbons (Fsp3) is 0.500. The van der Waals surface area contributed by atoms with Crippen molar-refractivity contribution in [2.45, 2.75) is 64.4 Å². The van der Waals surface area contributed by atoms with E-state index in [4.69, 9.17) is 4.74 Å². The minimum absolute atomic E-state index is 0.0527. The molecule has 4 rings (SSSR count). The third kappa shape index (κ3) is 5.89. The van der Waals surface area contributed by atoms with Crippen LogP contribution < -0.4 is 15.0 Å². The number of halogens is 1. The van der Waals surface area contributed by atoms with Crippen molar-refractivity contribution in [3.63, 3.8) is 0 Å². The Balaban J connectivity index is 1.36. The number of rotatable bonds is 8. The van der Waals surface area contributed by atoms with E-state index < -0.39 is 0 Å². The molecule has 0 bridgehead atoms. The molecule has 1 amide bonds. The van der Waals surface area contributed by atoms with Gasteiger partial charge < -0.3 is 15.0 Å². The van der Waals surface area contributed by atoms with Gasteiger partial charge in [-0.15, -0.1) is 0 Å². The molecular formula is C26H33FN4O2. The van der Waals surface area contributed by atoms with Gasteiger partial charge in [0.1, 0.15) is 17.7 Å². The van der Waals surface area contributed by atoms with Gasteiger partial charge in [-0.3, -0.25) is 4.79 Å². The van der Waals surface area contributed by atoms with Gasteiger partial charge in [-0.05, 0) is 42.2 Å². The Morgan fingerprint density at radius 2 is 2.00 bits per heavy atom. The third-order valence-electron chi connectivity index (χ3n) is 6.62.